The van der Waals surface area contributed by atoms with Gasteiger partial charge in [0, 0.05) is 56.8 Å². The number of nitrogens with zero attached hydrogens (tertiary/aromatic N) is 3. The van der Waals surface area contributed by atoms with Crippen LogP contribution in [0.4, 0.5) is 5.82 Å². The van der Waals surface area contributed by atoms with Crippen LogP contribution in [0.1, 0.15) is 64.9 Å². The Morgan fingerprint density at radius 3 is 2.61 bits per heavy atom. The van der Waals surface area contributed by atoms with Crippen molar-refractivity contribution in [3.05, 3.63) is 17.8 Å². The minimum Gasteiger partial charge on any atom is -0.493 e. The number of ether oxygens (including phenoxy) is 1. The number of fused-ring (bicyclic) bond motifs is 1. The first-order valence-corrected chi connectivity index (χ1v) is 12.2. The number of hydrogen-bond donors (Lipinski definition) is 1. The second kappa shape index (κ2) is 9.76. The van der Waals surface area contributed by atoms with E-state index in [9.17, 15) is 4.79 Å². The molecule has 0 unspecified atom stereocenters. The van der Waals surface area contributed by atoms with E-state index in [0.717, 1.165) is 69.5 Å². The van der Waals surface area contributed by atoms with Gasteiger partial charge >= 0.3 is 0 Å². The Labute approximate surface area is 187 Å². The van der Waals surface area contributed by atoms with Gasteiger partial charge in [0.05, 0.1) is 6.61 Å². The van der Waals surface area contributed by atoms with Crippen molar-refractivity contribution in [3.8, 4) is 5.75 Å². The van der Waals surface area contributed by atoms with Gasteiger partial charge in [-0.25, -0.2) is 4.98 Å². The molecule has 1 aromatic rings. The molecular weight excluding hydrogens is 388 g/mol. The van der Waals surface area contributed by atoms with Gasteiger partial charge in [0.15, 0.2) is 0 Å². The zero-order valence-electron chi connectivity index (χ0n) is 19.7. The lowest BCUT2D eigenvalue weighted by Crippen LogP contribution is -2.47. The third-order valence-corrected chi connectivity index (χ3v) is 7.03. The molecule has 1 saturated heterocycles. The van der Waals surface area contributed by atoms with Crippen molar-refractivity contribution in [2.75, 3.05) is 44.2 Å². The number of nitrogens with one attached hydrogen (secondary N) is 1. The lowest BCUT2D eigenvalue weighted by atomic mass is 9.83. The van der Waals surface area contributed by atoms with E-state index in [4.69, 9.17) is 4.74 Å². The zero-order chi connectivity index (χ0) is 21.8. The maximum absolute atomic E-state index is 12.2. The van der Waals surface area contributed by atoms with Gasteiger partial charge in [0.1, 0.15) is 11.6 Å². The first-order valence-electron chi connectivity index (χ1n) is 12.2. The molecule has 1 saturated carbocycles. The second-order valence-corrected chi connectivity index (χ2v) is 10.8. The van der Waals surface area contributed by atoms with Crippen LogP contribution in [-0.2, 0) is 11.2 Å². The summed E-state index contributed by atoms with van der Waals surface area (Å²) in [6.07, 6.45) is 9.55. The van der Waals surface area contributed by atoms with E-state index < -0.39 is 0 Å². The molecule has 0 spiro atoms. The monoisotopic (exact) mass is 428 g/mol. The number of carbonyl (C=O) groups is 1. The van der Waals surface area contributed by atoms with Crippen molar-refractivity contribution in [1.82, 2.24) is 15.2 Å². The molecule has 2 aliphatic heterocycles. The minimum absolute atomic E-state index is 0.0652. The fourth-order valence-corrected chi connectivity index (χ4v) is 5.27. The molecule has 0 aromatic carbocycles. The molecule has 172 valence electrons. The van der Waals surface area contributed by atoms with E-state index in [1.54, 1.807) is 0 Å². The lowest BCUT2D eigenvalue weighted by molar-refractivity contribution is -0.123. The Morgan fingerprint density at radius 2 is 1.90 bits per heavy atom. The largest absolute Gasteiger partial charge is 0.493 e. The average Bonchev–Trinajstić information content (AvgIpc) is 3.21. The van der Waals surface area contributed by atoms with E-state index in [1.165, 1.54) is 31.4 Å². The number of pyridine rings is 1. The van der Waals surface area contributed by atoms with Crippen molar-refractivity contribution in [3.63, 3.8) is 0 Å². The quantitative estimate of drug-likeness (QED) is 0.750. The topological polar surface area (TPSA) is 57.7 Å². The Balaban J connectivity index is 1.15. The number of hydrogen-bond acceptors (Lipinski definition) is 5. The lowest BCUT2D eigenvalue weighted by Gasteiger charge is -2.37. The van der Waals surface area contributed by atoms with E-state index in [0.29, 0.717) is 12.5 Å². The van der Waals surface area contributed by atoms with Crippen molar-refractivity contribution >= 4 is 11.7 Å². The van der Waals surface area contributed by atoms with Crippen LogP contribution in [0, 0.1) is 11.3 Å². The van der Waals surface area contributed by atoms with Crippen molar-refractivity contribution in [2.45, 2.75) is 71.8 Å². The summed E-state index contributed by atoms with van der Waals surface area (Å²) in [5, 5.41) is 3.27. The molecule has 0 bridgehead atoms. The van der Waals surface area contributed by atoms with E-state index >= 15 is 0 Å². The standard InChI is InChI=1S/C25H40N4O2/c1-25(2,3)18-23(30)27-20-6-4-19(5-7-20)9-12-28-13-15-29(16-14-28)24-21-10-17-31-22(21)8-11-26-24/h8,11,19-20H,4-7,9-10,12-18H2,1-3H3,(H,27,30)/t19-,20-. The van der Waals surface area contributed by atoms with Crippen LogP contribution in [0.25, 0.3) is 0 Å². The maximum Gasteiger partial charge on any atom is 0.220 e. The van der Waals surface area contributed by atoms with Gasteiger partial charge in [-0.1, -0.05) is 20.8 Å². The number of anilines is 1. The van der Waals surface area contributed by atoms with Gasteiger partial charge < -0.3 is 15.0 Å². The van der Waals surface area contributed by atoms with Gasteiger partial charge in [-0.3, -0.25) is 9.69 Å². The van der Waals surface area contributed by atoms with Crippen LogP contribution in [0.2, 0.25) is 0 Å². The van der Waals surface area contributed by atoms with Crippen LogP contribution < -0.4 is 15.0 Å². The molecule has 6 heteroatoms. The van der Waals surface area contributed by atoms with Crippen LogP contribution >= 0.6 is 0 Å². The predicted octanol–water partition coefficient (Wildman–Crippen LogP) is 3.64. The number of rotatable bonds is 6. The summed E-state index contributed by atoms with van der Waals surface area (Å²) in [5.74, 6) is 3.20. The molecule has 1 N–H and O–H groups in total. The van der Waals surface area contributed by atoms with Gasteiger partial charge in [-0.05, 0) is 56.0 Å². The third-order valence-electron chi connectivity index (χ3n) is 7.03. The normalized spacial score (nSPS) is 24.5. The Morgan fingerprint density at radius 1 is 1.16 bits per heavy atom. The van der Waals surface area contributed by atoms with Crippen LogP contribution in [-0.4, -0.2) is 61.2 Å². The number of piperazine rings is 1. The highest BCUT2D eigenvalue weighted by atomic mass is 16.5. The smallest absolute Gasteiger partial charge is 0.220 e. The first kappa shape index (κ1) is 22.4. The van der Waals surface area contributed by atoms with Crippen LogP contribution in [0.15, 0.2) is 12.3 Å². The van der Waals surface area contributed by atoms with Gasteiger partial charge in [0.2, 0.25) is 5.91 Å². The molecule has 4 rings (SSSR count). The molecule has 0 radical (unpaired) electrons. The van der Waals surface area contributed by atoms with Gasteiger partial charge in [-0.2, -0.15) is 0 Å². The average molecular weight is 429 g/mol. The molecule has 1 amide bonds. The summed E-state index contributed by atoms with van der Waals surface area (Å²) in [5.41, 5.74) is 1.36. The summed E-state index contributed by atoms with van der Waals surface area (Å²) in [4.78, 5) is 21.9. The maximum atomic E-state index is 12.2. The van der Waals surface area contributed by atoms with Gasteiger partial charge in [0.25, 0.3) is 0 Å². The van der Waals surface area contributed by atoms with E-state index in [2.05, 4.69) is 40.9 Å². The third kappa shape index (κ3) is 6.12. The highest BCUT2D eigenvalue weighted by Gasteiger charge is 2.27. The summed E-state index contributed by atoms with van der Waals surface area (Å²) in [7, 11) is 0. The molecule has 1 aromatic heterocycles. The summed E-state index contributed by atoms with van der Waals surface area (Å²) in [6.45, 7) is 12.7. The molecular formula is C25H40N4O2. The molecule has 2 fully saturated rings. The van der Waals surface area contributed by atoms with Crippen molar-refractivity contribution < 1.29 is 9.53 Å². The molecule has 3 heterocycles. The molecule has 3 aliphatic rings. The highest BCUT2D eigenvalue weighted by Crippen LogP contribution is 2.32. The predicted molar refractivity (Wildman–Crippen MR) is 125 cm³/mol. The molecule has 6 nitrogen and oxygen atoms in total. The van der Waals surface area contributed by atoms with Crippen molar-refractivity contribution in [2.24, 2.45) is 11.3 Å². The van der Waals surface area contributed by atoms with E-state index in [-0.39, 0.29) is 11.3 Å². The zero-order valence-corrected chi connectivity index (χ0v) is 19.7. The highest BCUT2D eigenvalue weighted by molar-refractivity contribution is 5.76. The molecule has 0 atom stereocenters. The molecule has 31 heavy (non-hydrogen) atoms. The summed E-state index contributed by atoms with van der Waals surface area (Å²) in [6, 6.07) is 2.38. The van der Waals surface area contributed by atoms with Crippen LogP contribution in [0.5, 0.6) is 5.75 Å². The fourth-order valence-electron chi connectivity index (χ4n) is 5.27. The second-order valence-electron chi connectivity index (χ2n) is 10.8. The fraction of sp³-hybridized carbons (Fsp3) is 0.760. The Kier molecular flexibility index (Phi) is 7.05. The minimum atomic E-state index is 0.0652. The number of carbonyl (C=O) groups excluding carboxylic acids is 1. The van der Waals surface area contributed by atoms with E-state index in [1.807, 2.05) is 12.3 Å². The number of amides is 1. The summed E-state index contributed by atoms with van der Waals surface area (Å²) >= 11 is 0. The van der Waals surface area contributed by atoms with Crippen molar-refractivity contribution in [1.29, 1.82) is 0 Å². The Hall–Kier alpha value is -1.82. The van der Waals surface area contributed by atoms with Gasteiger partial charge in [-0.15, -0.1) is 0 Å². The SMILES string of the molecule is CC(C)(C)CC(=O)N[C@H]1CC[C@H](CCN2CCN(c3nccc4c3CCO4)CC2)CC1. The molecule has 1 aliphatic carbocycles. The Bertz CT molecular complexity index is 744. The number of aromatic nitrogens is 1. The summed E-state index contributed by atoms with van der Waals surface area (Å²) < 4.78 is 5.71. The first-order chi connectivity index (χ1) is 14.9. The van der Waals surface area contributed by atoms with Crippen LogP contribution in [0.3, 0.4) is 0 Å².